The van der Waals surface area contributed by atoms with Gasteiger partial charge in [-0.15, -0.1) is 0 Å². The second-order valence-electron chi connectivity index (χ2n) is 8.90. The van der Waals surface area contributed by atoms with E-state index >= 15 is 0 Å². The summed E-state index contributed by atoms with van der Waals surface area (Å²) in [4.78, 5) is 20.7. The molecule has 4 atom stereocenters. The number of rotatable bonds is 5. The maximum absolute atomic E-state index is 14.3. The van der Waals surface area contributed by atoms with Crippen molar-refractivity contribution in [3.8, 4) is 11.6 Å². The lowest BCUT2D eigenvalue weighted by Gasteiger charge is -2.53. The summed E-state index contributed by atoms with van der Waals surface area (Å²) in [5.41, 5.74) is 0.691. The molecule has 11 heteroatoms. The lowest BCUT2D eigenvalue weighted by Crippen LogP contribution is -2.65. The highest BCUT2D eigenvalue weighted by molar-refractivity contribution is 5.99. The number of fused-ring (bicyclic) bond motifs is 3. The average Bonchev–Trinajstić information content (AvgIpc) is 3.38. The van der Waals surface area contributed by atoms with Gasteiger partial charge in [-0.2, -0.15) is 28.2 Å². The molecule has 0 N–H and O–H groups in total. The van der Waals surface area contributed by atoms with Gasteiger partial charge in [-0.1, -0.05) is 12.1 Å². The Morgan fingerprint density at radius 2 is 1.91 bits per heavy atom. The van der Waals surface area contributed by atoms with Crippen molar-refractivity contribution in [3.05, 3.63) is 65.6 Å². The normalized spacial score (nSPS) is 24.0. The van der Waals surface area contributed by atoms with E-state index in [9.17, 15) is 22.4 Å². The molecule has 3 aliphatic rings. The van der Waals surface area contributed by atoms with E-state index < -0.39 is 36.6 Å². The van der Waals surface area contributed by atoms with E-state index in [4.69, 9.17) is 4.74 Å². The number of aryl methyl sites for hydroxylation is 1. The summed E-state index contributed by atoms with van der Waals surface area (Å²) in [6, 6.07) is 6.34. The van der Waals surface area contributed by atoms with Crippen molar-refractivity contribution in [2.75, 3.05) is 6.67 Å². The lowest BCUT2D eigenvalue weighted by molar-refractivity contribution is -0.137. The fourth-order valence-electron chi connectivity index (χ4n) is 5.25. The Bertz CT molecular complexity index is 1200. The molecule has 2 aromatic heterocycles. The molecule has 7 nitrogen and oxygen atoms in total. The van der Waals surface area contributed by atoms with Gasteiger partial charge in [0.1, 0.15) is 12.8 Å². The minimum atomic E-state index is -4.50. The number of hydrogen-bond acceptors (Lipinski definition) is 5. The number of pyridine rings is 1. The topological polar surface area (TPSA) is 73.1 Å². The third-order valence-corrected chi connectivity index (χ3v) is 6.88. The van der Waals surface area contributed by atoms with Crippen molar-refractivity contribution in [2.45, 2.75) is 50.6 Å². The van der Waals surface area contributed by atoms with Gasteiger partial charge >= 0.3 is 6.18 Å². The quantitative estimate of drug-likeness (QED) is 0.497. The van der Waals surface area contributed by atoms with Crippen LogP contribution < -0.4 is 4.74 Å². The number of hydrogen-bond donors (Lipinski definition) is 0. The number of aromatic nitrogens is 4. The molecule has 1 saturated carbocycles. The highest BCUT2D eigenvalue weighted by atomic mass is 19.4. The van der Waals surface area contributed by atoms with E-state index in [1.807, 2.05) is 0 Å². The summed E-state index contributed by atoms with van der Waals surface area (Å²) in [5.74, 6) is -0.442. The highest BCUT2D eigenvalue weighted by Crippen LogP contribution is 2.43. The van der Waals surface area contributed by atoms with Crippen LogP contribution in [0.4, 0.5) is 17.6 Å². The number of alkyl halides is 4. The van der Waals surface area contributed by atoms with Gasteiger partial charge in [0.2, 0.25) is 5.88 Å². The molecule has 3 aromatic rings. The maximum Gasteiger partial charge on any atom is 0.417 e. The molecule has 2 saturated heterocycles. The van der Waals surface area contributed by atoms with Crippen LogP contribution in [0.2, 0.25) is 0 Å². The number of nitrogens with zero attached hydrogens (tertiary/aromatic N) is 5. The van der Waals surface area contributed by atoms with Crippen LogP contribution in [0.3, 0.4) is 0 Å². The predicted octanol–water partition coefficient (Wildman–Crippen LogP) is 4.40. The fraction of sp³-hybridized carbons (Fsp3) is 0.417. The Labute approximate surface area is 198 Å². The summed E-state index contributed by atoms with van der Waals surface area (Å²) in [6.07, 6.45) is 0.550. The first-order chi connectivity index (χ1) is 16.8. The van der Waals surface area contributed by atoms with E-state index in [-0.39, 0.29) is 17.7 Å². The number of halogens is 4. The monoisotopic (exact) mass is 489 g/mol. The molecule has 0 unspecified atom stereocenters. The zero-order valence-corrected chi connectivity index (χ0v) is 18.8. The Kier molecular flexibility index (Phi) is 5.94. The summed E-state index contributed by atoms with van der Waals surface area (Å²) < 4.78 is 58.9. The first-order valence-electron chi connectivity index (χ1n) is 11.3. The van der Waals surface area contributed by atoms with Crippen LogP contribution in [0, 0.1) is 12.8 Å². The van der Waals surface area contributed by atoms with Crippen molar-refractivity contribution in [1.29, 1.82) is 0 Å². The van der Waals surface area contributed by atoms with Crippen LogP contribution >= 0.6 is 0 Å². The van der Waals surface area contributed by atoms with Crippen molar-refractivity contribution in [2.24, 2.45) is 5.92 Å². The number of carbonyl (C=O) groups is 1. The minimum absolute atomic E-state index is 0.0390. The van der Waals surface area contributed by atoms with E-state index in [0.29, 0.717) is 29.7 Å². The smallest absolute Gasteiger partial charge is 0.417 e. The molecule has 1 aromatic carbocycles. The molecule has 1 amide bonds. The number of benzene rings is 1. The average molecular weight is 489 g/mol. The summed E-state index contributed by atoms with van der Waals surface area (Å²) in [5, 5.41) is 8.29. The van der Waals surface area contributed by atoms with Crippen molar-refractivity contribution in [3.63, 3.8) is 0 Å². The Hall–Kier alpha value is -3.50. The third kappa shape index (κ3) is 4.23. The molecular formula is C24H23F4N5O2. The van der Waals surface area contributed by atoms with E-state index in [0.717, 1.165) is 18.7 Å². The van der Waals surface area contributed by atoms with Gasteiger partial charge in [0.15, 0.2) is 0 Å². The van der Waals surface area contributed by atoms with Crippen LogP contribution in [0.1, 0.15) is 40.7 Å². The van der Waals surface area contributed by atoms with Gasteiger partial charge in [0.05, 0.1) is 41.3 Å². The zero-order valence-electron chi connectivity index (χ0n) is 18.8. The molecule has 2 aliphatic heterocycles. The first kappa shape index (κ1) is 23.3. The summed E-state index contributed by atoms with van der Waals surface area (Å²) in [6.45, 7) is 1.10. The molecule has 4 heterocycles. The first-order valence-corrected chi connectivity index (χ1v) is 11.3. The predicted molar refractivity (Wildman–Crippen MR) is 117 cm³/mol. The largest absolute Gasteiger partial charge is 0.472 e. The number of ether oxygens (including phenoxy) is 1. The maximum atomic E-state index is 14.3. The summed E-state index contributed by atoms with van der Waals surface area (Å²) in [7, 11) is 0. The number of amides is 1. The zero-order chi connectivity index (χ0) is 24.7. The van der Waals surface area contributed by atoms with Crippen molar-refractivity contribution in [1.82, 2.24) is 24.9 Å². The molecule has 3 fully saturated rings. The van der Waals surface area contributed by atoms with Gasteiger partial charge in [0, 0.05) is 12.3 Å². The van der Waals surface area contributed by atoms with Crippen LogP contribution in [-0.4, -0.2) is 55.6 Å². The SMILES string of the molecule is Cc1cccc(-n2nccn2)c1C(=O)N1[C@H](CF)[C@@H]2CC[C@H]1[C@@H](Oc1ccc(C(F)(F)F)cn1)C2. The fourth-order valence-corrected chi connectivity index (χ4v) is 5.25. The van der Waals surface area contributed by atoms with Gasteiger partial charge in [-0.25, -0.2) is 9.37 Å². The van der Waals surface area contributed by atoms with Gasteiger partial charge in [-0.05, 0) is 49.8 Å². The van der Waals surface area contributed by atoms with E-state index in [2.05, 4.69) is 15.2 Å². The molecule has 184 valence electrons. The van der Waals surface area contributed by atoms with E-state index in [1.165, 1.54) is 23.3 Å². The second kappa shape index (κ2) is 8.94. The van der Waals surface area contributed by atoms with Crippen LogP contribution in [0.5, 0.6) is 5.88 Å². The van der Waals surface area contributed by atoms with Crippen molar-refractivity contribution < 1.29 is 27.1 Å². The Balaban J connectivity index is 1.46. The lowest BCUT2D eigenvalue weighted by atomic mass is 9.72. The molecule has 6 rings (SSSR count). The van der Waals surface area contributed by atoms with Crippen LogP contribution in [0.25, 0.3) is 5.69 Å². The number of piperidine rings is 2. The van der Waals surface area contributed by atoms with Gasteiger partial charge < -0.3 is 9.64 Å². The molecule has 2 bridgehead atoms. The van der Waals surface area contributed by atoms with Crippen molar-refractivity contribution >= 4 is 5.91 Å². The van der Waals surface area contributed by atoms with Gasteiger partial charge in [-0.3, -0.25) is 4.79 Å². The molecule has 0 radical (unpaired) electrons. The molecule has 1 aliphatic carbocycles. The number of carbonyl (C=O) groups excluding carboxylic acids is 1. The highest BCUT2D eigenvalue weighted by Gasteiger charge is 2.51. The Morgan fingerprint density at radius 3 is 2.57 bits per heavy atom. The minimum Gasteiger partial charge on any atom is -0.472 e. The molecule has 0 spiro atoms. The molecule has 35 heavy (non-hydrogen) atoms. The second-order valence-corrected chi connectivity index (χ2v) is 8.90. The van der Waals surface area contributed by atoms with Crippen LogP contribution in [-0.2, 0) is 6.18 Å². The summed E-state index contributed by atoms with van der Waals surface area (Å²) >= 11 is 0. The third-order valence-electron chi connectivity index (χ3n) is 6.88. The van der Waals surface area contributed by atoms with E-state index in [1.54, 1.807) is 30.0 Å². The van der Waals surface area contributed by atoms with Gasteiger partial charge in [0.25, 0.3) is 5.91 Å². The Morgan fingerprint density at radius 1 is 1.14 bits per heavy atom. The van der Waals surface area contributed by atoms with Crippen LogP contribution in [0.15, 0.2) is 48.9 Å². The standard InChI is InChI=1S/C24H23F4N5O2/c1-14-3-2-4-18(33-30-9-10-31-33)22(14)23(34)32-17-7-5-15(19(32)12-25)11-20(17)35-21-8-6-16(13-29-21)24(26,27)28/h2-4,6,8-10,13,15,17,19-20H,5,7,11-12H2,1H3/t15-,17+,19-,20+/m1/s1. The molecular weight excluding hydrogens is 466 g/mol.